The van der Waals surface area contributed by atoms with Gasteiger partial charge in [-0.15, -0.1) is 0 Å². The van der Waals surface area contributed by atoms with Crippen molar-refractivity contribution in [3.63, 3.8) is 0 Å². The number of piperazine rings is 1. The van der Waals surface area contributed by atoms with Gasteiger partial charge in [0.05, 0.1) is 6.61 Å². The molecular weight excluding hydrogens is 380 g/mol. The number of amides is 1. The Labute approximate surface area is 175 Å². The molecule has 3 rings (SSSR count). The molecule has 1 heterocycles. The van der Waals surface area contributed by atoms with Gasteiger partial charge < -0.3 is 19.4 Å². The summed E-state index contributed by atoms with van der Waals surface area (Å²) in [7, 11) is -2.58. The van der Waals surface area contributed by atoms with Crippen LogP contribution in [0.1, 0.15) is 20.8 Å². The maximum Gasteiger partial charge on any atom is 0.409 e. The third-order valence-corrected chi connectivity index (χ3v) is 10.5. The second-order valence-corrected chi connectivity index (χ2v) is 12.7. The molecule has 0 aliphatic carbocycles. The molecule has 1 aliphatic rings. The number of rotatable bonds is 6. The predicted octanol–water partition coefficient (Wildman–Crippen LogP) is 2.60. The van der Waals surface area contributed by atoms with Crippen LogP contribution in [0.2, 0.25) is 5.04 Å². The number of hydrogen-bond acceptors (Lipinski definition) is 4. The molecule has 0 unspecified atom stereocenters. The molecule has 5 nitrogen and oxygen atoms in total. The number of ether oxygens (including phenoxy) is 1. The van der Waals surface area contributed by atoms with Crippen molar-refractivity contribution in [2.45, 2.75) is 25.8 Å². The zero-order valence-corrected chi connectivity index (χ0v) is 18.7. The van der Waals surface area contributed by atoms with Crippen LogP contribution in [-0.2, 0) is 9.16 Å². The normalized spacial score (nSPS) is 15.2. The molecule has 1 N–H and O–H groups in total. The Hall–Kier alpha value is -2.15. The van der Waals surface area contributed by atoms with Crippen LogP contribution in [0.3, 0.4) is 0 Å². The lowest BCUT2D eigenvalue weighted by atomic mass is 10.2. The first-order valence-electron chi connectivity index (χ1n) is 10.3. The lowest BCUT2D eigenvalue weighted by Crippen LogP contribution is -2.66. The second kappa shape index (κ2) is 9.56. The Morgan fingerprint density at radius 3 is 1.93 bits per heavy atom. The third kappa shape index (κ3) is 4.89. The summed E-state index contributed by atoms with van der Waals surface area (Å²) in [5.41, 5.74) is 0. The number of nitrogens with one attached hydrogen (secondary N) is 1. The van der Waals surface area contributed by atoms with Gasteiger partial charge in [0.15, 0.2) is 0 Å². The Morgan fingerprint density at radius 1 is 0.931 bits per heavy atom. The summed E-state index contributed by atoms with van der Waals surface area (Å²) >= 11 is 0. The molecule has 0 spiro atoms. The van der Waals surface area contributed by atoms with Crippen molar-refractivity contribution in [2.75, 3.05) is 39.4 Å². The van der Waals surface area contributed by atoms with Crippen molar-refractivity contribution in [1.29, 1.82) is 0 Å². The molecule has 0 bridgehead atoms. The number of carbonyl (C=O) groups is 1. The lowest BCUT2D eigenvalue weighted by molar-refractivity contribution is 0.0830. The largest absolute Gasteiger partial charge is 0.447 e. The van der Waals surface area contributed by atoms with Gasteiger partial charge >= 0.3 is 6.09 Å². The summed E-state index contributed by atoms with van der Waals surface area (Å²) in [4.78, 5) is 14.0. The van der Waals surface area contributed by atoms with Crippen molar-refractivity contribution in [1.82, 2.24) is 10.2 Å². The molecule has 29 heavy (non-hydrogen) atoms. The molecule has 6 heteroatoms. The maximum absolute atomic E-state index is 12.3. The fourth-order valence-electron chi connectivity index (χ4n) is 4.02. The minimum Gasteiger partial charge on any atom is -0.447 e. The molecule has 1 fully saturated rings. The SMILES string of the molecule is CC(C)(C)[Si](OCCOC(=O)N1CCNCC1)(c1ccccc1)c1ccccc1. The van der Waals surface area contributed by atoms with Crippen molar-refractivity contribution in [2.24, 2.45) is 0 Å². The summed E-state index contributed by atoms with van der Waals surface area (Å²) in [5.74, 6) is 0. The average Bonchev–Trinajstić information content (AvgIpc) is 2.74. The van der Waals surface area contributed by atoms with E-state index in [9.17, 15) is 4.79 Å². The highest BCUT2D eigenvalue weighted by Gasteiger charge is 2.50. The smallest absolute Gasteiger partial charge is 0.409 e. The first kappa shape index (κ1) is 21.6. The fraction of sp³-hybridized carbons (Fsp3) is 0.435. The van der Waals surface area contributed by atoms with E-state index in [1.165, 1.54) is 10.4 Å². The highest BCUT2D eigenvalue weighted by molar-refractivity contribution is 6.99. The Balaban J connectivity index is 1.78. The van der Waals surface area contributed by atoms with Crippen LogP contribution in [0.15, 0.2) is 60.7 Å². The maximum atomic E-state index is 12.3. The Bertz CT molecular complexity index is 732. The number of hydrogen-bond donors (Lipinski definition) is 1. The van der Waals surface area contributed by atoms with Gasteiger partial charge in [0.2, 0.25) is 0 Å². The first-order valence-corrected chi connectivity index (χ1v) is 12.2. The minimum atomic E-state index is -2.58. The van der Waals surface area contributed by atoms with Crippen molar-refractivity contribution >= 4 is 24.8 Å². The Kier molecular flexibility index (Phi) is 7.11. The van der Waals surface area contributed by atoms with E-state index < -0.39 is 8.32 Å². The lowest BCUT2D eigenvalue weighted by Gasteiger charge is -2.43. The van der Waals surface area contributed by atoms with E-state index in [0.29, 0.717) is 19.7 Å². The van der Waals surface area contributed by atoms with E-state index >= 15 is 0 Å². The molecule has 2 aromatic rings. The van der Waals surface area contributed by atoms with Crippen LogP contribution < -0.4 is 15.7 Å². The van der Waals surface area contributed by atoms with Crippen molar-refractivity contribution in [3.05, 3.63) is 60.7 Å². The van der Waals surface area contributed by atoms with Gasteiger partial charge in [-0.25, -0.2) is 4.79 Å². The van der Waals surface area contributed by atoms with Gasteiger partial charge in [0.1, 0.15) is 6.61 Å². The van der Waals surface area contributed by atoms with Gasteiger partial charge in [-0.3, -0.25) is 0 Å². The number of nitrogens with zero attached hydrogens (tertiary/aromatic N) is 1. The van der Waals surface area contributed by atoms with Crippen molar-refractivity contribution in [3.8, 4) is 0 Å². The standard InChI is InChI=1S/C23H32N2O3Si/c1-23(2,3)29(20-10-6-4-7-11-20,21-12-8-5-9-13-21)28-19-18-27-22(26)25-16-14-24-15-17-25/h4-13,24H,14-19H2,1-3H3. The molecule has 0 aromatic heterocycles. The van der Waals surface area contributed by atoms with E-state index in [0.717, 1.165) is 13.1 Å². The molecule has 1 aliphatic heterocycles. The Morgan fingerprint density at radius 2 is 1.45 bits per heavy atom. The summed E-state index contributed by atoms with van der Waals surface area (Å²) < 4.78 is 12.3. The van der Waals surface area contributed by atoms with Crippen molar-refractivity contribution < 1.29 is 14.0 Å². The van der Waals surface area contributed by atoms with Crippen LogP contribution in [0, 0.1) is 0 Å². The van der Waals surface area contributed by atoms with E-state index in [1.54, 1.807) is 4.90 Å². The first-order chi connectivity index (χ1) is 13.9. The van der Waals surface area contributed by atoms with Gasteiger partial charge in [-0.1, -0.05) is 81.4 Å². The van der Waals surface area contributed by atoms with E-state index in [2.05, 4.69) is 74.6 Å². The van der Waals surface area contributed by atoms with Crippen LogP contribution in [0.4, 0.5) is 4.79 Å². The molecule has 0 radical (unpaired) electrons. The summed E-state index contributed by atoms with van der Waals surface area (Å²) in [6.45, 7) is 10.4. The molecule has 156 valence electrons. The van der Waals surface area contributed by atoms with Gasteiger partial charge in [-0.2, -0.15) is 0 Å². The van der Waals surface area contributed by atoms with Gasteiger partial charge in [-0.05, 0) is 15.4 Å². The fourth-order valence-corrected chi connectivity index (χ4v) is 8.57. The van der Waals surface area contributed by atoms with E-state index in [1.807, 2.05) is 12.1 Å². The minimum absolute atomic E-state index is 0.0851. The summed E-state index contributed by atoms with van der Waals surface area (Å²) in [6, 6.07) is 21.0. The molecular formula is C23H32N2O3Si. The quantitative estimate of drug-likeness (QED) is 0.585. The zero-order valence-electron chi connectivity index (χ0n) is 17.7. The molecule has 1 saturated heterocycles. The summed E-state index contributed by atoms with van der Waals surface area (Å²) in [5, 5.41) is 5.61. The predicted molar refractivity (Wildman–Crippen MR) is 119 cm³/mol. The topological polar surface area (TPSA) is 50.8 Å². The zero-order chi connectivity index (χ0) is 20.7. The molecule has 2 aromatic carbocycles. The van der Waals surface area contributed by atoms with Crippen LogP contribution in [0.5, 0.6) is 0 Å². The molecule has 1 amide bonds. The third-order valence-electron chi connectivity index (χ3n) is 5.42. The van der Waals surface area contributed by atoms with Gasteiger partial charge in [0.25, 0.3) is 8.32 Å². The van der Waals surface area contributed by atoms with Crippen LogP contribution in [-0.4, -0.2) is 58.7 Å². The van der Waals surface area contributed by atoms with Crippen LogP contribution >= 0.6 is 0 Å². The average molecular weight is 413 g/mol. The number of benzene rings is 2. The highest BCUT2D eigenvalue weighted by atomic mass is 28.4. The van der Waals surface area contributed by atoms with E-state index in [4.69, 9.17) is 9.16 Å². The molecule has 0 atom stereocenters. The van der Waals surface area contributed by atoms with Crippen LogP contribution in [0.25, 0.3) is 0 Å². The van der Waals surface area contributed by atoms with Gasteiger partial charge in [0, 0.05) is 26.2 Å². The second-order valence-electron chi connectivity index (χ2n) is 8.36. The monoisotopic (exact) mass is 412 g/mol. The number of carbonyl (C=O) groups excluding carboxylic acids is 1. The summed E-state index contributed by atoms with van der Waals surface area (Å²) in [6.07, 6.45) is -0.252. The highest BCUT2D eigenvalue weighted by Crippen LogP contribution is 2.36. The van der Waals surface area contributed by atoms with E-state index in [-0.39, 0.29) is 17.7 Å². The molecule has 0 saturated carbocycles.